The van der Waals surface area contributed by atoms with Crippen LogP contribution in [0.1, 0.15) is 11.1 Å². The summed E-state index contributed by atoms with van der Waals surface area (Å²) in [6, 6.07) is 25.3. The molecule has 0 radical (unpaired) electrons. The van der Waals surface area contributed by atoms with Gasteiger partial charge < -0.3 is 24.8 Å². The van der Waals surface area contributed by atoms with Crippen LogP contribution in [0.2, 0.25) is 0 Å². The lowest BCUT2D eigenvalue weighted by Gasteiger charge is -2.11. The molecular formula is C30H26Br2N2O5. The molecule has 39 heavy (non-hydrogen) atoms. The standard InChI is InChI=1S/C30H26Br2N2O5/c1-19-3-13-27(25(31)15-19)37-17-29(35)33-21-5-9-23(10-6-21)39-24-11-7-22(8-12-24)34-30(36)18-38-28-14-4-20(2)16-26(28)32/h3-16H,17-18H2,1-2H3,(H,33,35)(H,34,36). The largest absolute Gasteiger partial charge is 0.483 e. The topological polar surface area (TPSA) is 85.9 Å². The van der Waals surface area contributed by atoms with Gasteiger partial charge in [0.1, 0.15) is 23.0 Å². The molecule has 0 aliphatic carbocycles. The van der Waals surface area contributed by atoms with E-state index < -0.39 is 0 Å². The number of aryl methyl sites for hydroxylation is 2. The Morgan fingerprint density at radius 2 is 1.00 bits per heavy atom. The van der Waals surface area contributed by atoms with Crippen molar-refractivity contribution in [3.8, 4) is 23.0 Å². The third-order valence-electron chi connectivity index (χ3n) is 5.40. The van der Waals surface area contributed by atoms with Gasteiger partial charge in [-0.05, 0) is 130 Å². The number of amides is 2. The zero-order chi connectivity index (χ0) is 27.8. The summed E-state index contributed by atoms with van der Waals surface area (Å²) in [5.41, 5.74) is 3.43. The van der Waals surface area contributed by atoms with Crippen molar-refractivity contribution in [3.05, 3.63) is 105 Å². The fourth-order valence-electron chi connectivity index (χ4n) is 3.48. The van der Waals surface area contributed by atoms with Crippen LogP contribution >= 0.6 is 31.9 Å². The summed E-state index contributed by atoms with van der Waals surface area (Å²) in [6.45, 7) is 3.73. The molecule has 2 N–H and O–H groups in total. The smallest absolute Gasteiger partial charge is 0.262 e. The first-order valence-electron chi connectivity index (χ1n) is 12.0. The summed E-state index contributed by atoms with van der Waals surface area (Å²) in [4.78, 5) is 24.5. The Morgan fingerprint density at radius 3 is 1.36 bits per heavy atom. The maximum absolute atomic E-state index is 12.3. The van der Waals surface area contributed by atoms with E-state index in [1.807, 2.05) is 50.2 Å². The lowest BCUT2D eigenvalue weighted by atomic mass is 10.2. The highest BCUT2D eigenvalue weighted by atomic mass is 79.9. The highest BCUT2D eigenvalue weighted by Gasteiger charge is 2.09. The number of hydrogen-bond acceptors (Lipinski definition) is 5. The predicted octanol–water partition coefficient (Wildman–Crippen LogP) is 7.66. The number of carbonyl (C=O) groups is 2. The summed E-state index contributed by atoms with van der Waals surface area (Å²) >= 11 is 6.87. The van der Waals surface area contributed by atoms with Crippen molar-refractivity contribution in [2.24, 2.45) is 0 Å². The van der Waals surface area contributed by atoms with E-state index in [9.17, 15) is 9.59 Å². The molecule has 0 aromatic heterocycles. The van der Waals surface area contributed by atoms with Crippen molar-refractivity contribution in [2.75, 3.05) is 23.8 Å². The molecule has 7 nitrogen and oxygen atoms in total. The average Bonchev–Trinajstić information content (AvgIpc) is 2.90. The lowest BCUT2D eigenvalue weighted by molar-refractivity contribution is -0.118. The van der Waals surface area contributed by atoms with E-state index >= 15 is 0 Å². The normalized spacial score (nSPS) is 10.5. The van der Waals surface area contributed by atoms with Gasteiger partial charge >= 0.3 is 0 Å². The molecule has 0 aliphatic rings. The second-order valence-electron chi connectivity index (χ2n) is 8.69. The molecule has 2 amide bonds. The van der Waals surface area contributed by atoms with E-state index in [-0.39, 0.29) is 25.0 Å². The van der Waals surface area contributed by atoms with Gasteiger partial charge in [0.2, 0.25) is 0 Å². The van der Waals surface area contributed by atoms with Crippen molar-refractivity contribution in [3.63, 3.8) is 0 Å². The predicted molar refractivity (Wildman–Crippen MR) is 159 cm³/mol. The van der Waals surface area contributed by atoms with Gasteiger partial charge in [0.05, 0.1) is 8.95 Å². The Morgan fingerprint density at radius 1 is 0.615 bits per heavy atom. The summed E-state index contributed by atoms with van der Waals surface area (Å²) in [5.74, 6) is 1.86. The van der Waals surface area contributed by atoms with Crippen LogP contribution in [0.4, 0.5) is 11.4 Å². The number of ether oxygens (including phenoxy) is 3. The molecule has 9 heteroatoms. The molecule has 4 aromatic rings. The Kier molecular flexibility index (Phi) is 9.62. The summed E-state index contributed by atoms with van der Waals surface area (Å²) in [6.07, 6.45) is 0. The SMILES string of the molecule is Cc1ccc(OCC(=O)Nc2ccc(Oc3ccc(NC(=O)COc4ccc(C)cc4Br)cc3)cc2)c(Br)c1. The first kappa shape index (κ1) is 28.2. The number of carbonyl (C=O) groups excluding carboxylic acids is 2. The van der Waals surface area contributed by atoms with Crippen molar-refractivity contribution >= 4 is 55.0 Å². The highest BCUT2D eigenvalue weighted by molar-refractivity contribution is 9.10. The van der Waals surface area contributed by atoms with Crippen molar-refractivity contribution < 1.29 is 23.8 Å². The van der Waals surface area contributed by atoms with E-state index in [1.165, 1.54) is 0 Å². The molecule has 0 bridgehead atoms. The van der Waals surface area contributed by atoms with Gasteiger partial charge in [-0.25, -0.2) is 0 Å². The number of hydrogen-bond donors (Lipinski definition) is 2. The number of anilines is 2. The van der Waals surface area contributed by atoms with Crippen molar-refractivity contribution in [1.29, 1.82) is 0 Å². The Balaban J connectivity index is 1.22. The van der Waals surface area contributed by atoms with Gasteiger partial charge in [-0.3, -0.25) is 9.59 Å². The Labute approximate surface area is 243 Å². The summed E-state index contributed by atoms with van der Waals surface area (Å²) in [7, 11) is 0. The van der Waals surface area contributed by atoms with Crippen LogP contribution < -0.4 is 24.8 Å². The second kappa shape index (κ2) is 13.3. The molecule has 0 unspecified atom stereocenters. The maximum atomic E-state index is 12.3. The van der Waals surface area contributed by atoms with Crippen molar-refractivity contribution in [2.45, 2.75) is 13.8 Å². The number of rotatable bonds is 10. The Bertz CT molecular complexity index is 1350. The van der Waals surface area contributed by atoms with Gasteiger partial charge in [0.25, 0.3) is 11.8 Å². The van der Waals surface area contributed by atoms with Gasteiger partial charge in [-0.1, -0.05) is 12.1 Å². The van der Waals surface area contributed by atoms with Gasteiger partial charge in [0, 0.05) is 11.4 Å². The van der Waals surface area contributed by atoms with Gasteiger partial charge in [-0.2, -0.15) is 0 Å². The van der Waals surface area contributed by atoms with Crippen LogP contribution in [-0.4, -0.2) is 25.0 Å². The van der Waals surface area contributed by atoms with E-state index in [0.29, 0.717) is 34.4 Å². The van der Waals surface area contributed by atoms with E-state index in [4.69, 9.17) is 14.2 Å². The molecule has 0 atom stereocenters. The van der Waals surface area contributed by atoms with Crippen LogP contribution in [-0.2, 0) is 9.59 Å². The van der Waals surface area contributed by atoms with Gasteiger partial charge in [0.15, 0.2) is 13.2 Å². The minimum absolute atomic E-state index is 0.113. The zero-order valence-corrected chi connectivity index (χ0v) is 24.5. The quantitative estimate of drug-likeness (QED) is 0.184. The van der Waals surface area contributed by atoms with Gasteiger partial charge in [-0.15, -0.1) is 0 Å². The van der Waals surface area contributed by atoms with Crippen molar-refractivity contribution in [1.82, 2.24) is 0 Å². The molecule has 200 valence electrons. The number of nitrogens with one attached hydrogen (secondary N) is 2. The van der Waals surface area contributed by atoms with Crippen LogP contribution in [0, 0.1) is 13.8 Å². The first-order valence-corrected chi connectivity index (χ1v) is 13.6. The van der Waals surface area contributed by atoms with E-state index in [1.54, 1.807) is 48.5 Å². The summed E-state index contributed by atoms with van der Waals surface area (Å²) < 4.78 is 18.6. The summed E-state index contributed by atoms with van der Waals surface area (Å²) in [5, 5.41) is 5.60. The molecule has 0 fully saturated rings. The molecule has 0 saturated carbocycles. The highest BCUT2D eigenvalue weighted by Crippen LogP contribution is 2.27. The molecule has 4 rings (SSSR count). The minimum atomic E-state index is -0.273. The lowest BCUT2D eigenvalue weighted by Crippen LogP contribution is -2.20. The molecule has 0 saturated heterocycles. The van der Waals surface area contributed by atoms with Crippen LogP contribution in [0.25, 0.3) is 0 Å². The molecule has 0 aliphatic heterocycles. The number of benzene rings is 4. The minimum Gasteiger partial charge on any atom is -0.483 e. The Hall–Kier alpha value is -3.82. The molecule has 4 aromatic carbocycles. The zero-order valence-electron chi connectivity index (χ0n) is 21.3. The third kappa shape index (κ3) is 8.59. The molecule has 0 spiro atoms. The van der Waals surface area contributed by atoms with Crippen LogP contribution in [0.5, 0.6) is 23.0 Å². The van der Waals surface area contributed by atoms with Crippen LogP contribution in [0.3, 0.4) is 0 Å². The second-order valence-corrected chi connectivity index (χ2v) is 10.4. The number of halogens is 2. The van der Waals surface area contributed by atoms with E-state index in [2.05, 4.69) is 42.5 Å². The van der Waals surface area contributed by atoms with E-state index in [0.717, 1.165) is 20.1 Å². The monoisotopic (exact) mass is 652 g/mol. The fraction of sp³-hybridized carbons (Fsp3) is 0.133. The first-order chi connectivity index (χ1) is 18.7. The maximum Gasteiger partial charge on any atom is 0.262 e. The fourth-order valence-corrected chi connectivity index (χ4v) is 4.69. The molecular weight excluding hydrogens is 628 g/mol. The van der Waals surface area contributed by atoms with Crippen LogP contribution in [0.15, 0.2) is 93.9 Å². The average molecular weight is 654 g/mol. The molecule has 0 heterocycles. The third-order valence-corrected chi connectivity index (χ3v) is 6.64.